The van der Waals surface area contributed by atoms with Gasteiger partial charge in [0.05, 0.1) is 20.8 Å². The third kappa shape index (κ3) is 5.03. The molecule has 2 aliphatic heterocycles. The fraction of sp³-hybridized carbons (Fsp3) is 0.310. The Hall–Kier alpha value is -4.08. The topological polar surface area (TPSA) is 86.8 Å². The molecule has 0 radical (unpaired) electrons. The maximum absolute atomic E-state index is 13.5. The molecule has 2 heterocycles. The molecule has 0 N–H and O–H groups in total. The van der Waals surface area contributed by atoms with Gasteiger partial charge < -0.3 is 28.6 Å². The number of likely N-dealkylation sites (N-methyl/N-ethyl adjacent to an activating group) is 1. The Morgan fingerprint density at radius 3 is 2.32 bits per heavy atom. The number of ether oxygens (including phenoxy) is 5. The van der Waals surface area contributed by atoms with Crippen LogP contribution in [0.2, 0.25) is 0 Å². The van der Waals surface area contributed by atoms with E-state index in [4.69, 9.17) is 23.7 Å². The molecule has 3 aromatic rings. The van der Waals surface area contributed by atoms with Crippen molar-refractivity contribution in [1.82, 2.24) is 4.90 Å². The lowest BCUT2D eigenvalue weighted by Gasteiger charge is -2.48. The summed E-state index contributed by atoms with van der Waals surface area (Å²) >= 11 is 0. The predicted octanol–water partition coefficient (Wildman–Crippen LogP) is 3.57. The number of hydrogen-bond acceptors (Lipinski definition) is 7. The number of morpholine rings is 1. The molecule has 0 aliphatic carbocycles. The fourth-order valence-electron chi connectivity index (χ4n) is 4.56. The van der Waals surface area contributed by atoms with E-state index >= 15 is 0 Å². The van der Waals surface area contributed by atoms with Gasteiger partial charge in [-0.05, 0) is 42.0 Å². The van der Waals surface area contributed by atoms with Crippen molar-refractivity contribution in [2.75, 3.05) is 39.3 Å². The van der Waals surface area contributed by atoms with Crippen molar-refractivity contribution in [3.05, 3.63) is 83.9 Å². The van der Waals surface area contributed by atoms with Crippen molar-refractivity contribution in [3.8, 4) is 17.2 Å². The smallest absolute Gasteiger partial charge is 0.279 e. The van der Waals surface area contributed by atoms with Crippen LogP contribution in [-0.2, 0) is 25.7 Å². The van der Waals surface area contributed by atoms with E-state index in [1.807, 2.05) is 54.6 Å². The lowest BCUT2D eigenvalue weighted by atomic mass is 9.88. The molecule has 0 aromatic heterocycles. The second-order valence-corrected chi connectivity index (χ2v) is 9.05. The van der Waals surface area contributed by atoms with E-state index in [9.17, 15) is 9.59 Å². The Morgan fingerprint density at radius 2 is 1.61 bits per heavy atom. The zero-order chi connectivity index (χ0) is 26.6. The van der Waals surface area contributed by atoms with E-state index in [0.29, 0.717) is 42.7 Å². The van der Waals surface area contributed by atoms with E-state index < -0.39 is 18.4 Å². The van der Waals surface area contributed by atoms with Gasteiger partial charge >= 0.3 is 0 Å². The fourth-order valence-corrected chi connectivity index (χ4v) is 4.56. The number of methoxy groups -OCH3 is 2. The van der Waals surface area contributed by atoms with Gasteiger partial charge in [-0.15, -0.1) is 0 Å². The summed E-state index contributed by atoms with van der Waals surface area (Å²) in [5.74, 6) is 1.23. The number of carbonyl (C=O) groups excluding carboxylic acids is 2. The van der Waals surface area contributed by atoms with Crippen LogP contribution < -0.4 is 19.1 Å². The first-order valence-electron chi connectivity index (χ1n) is 12.3. The van der Waals surface area contributed by atoms with Crippen LogP contribution in [0.3, 0.4) is 0 Å². The standard InChI is InChI=1S/C29H30N2O7/c1-30-15-16-36-29(28(30)33)38-26-25(31(27(26)32)20-9-11-21(34-2)12-10-20)23-14-13-22(35-3)17-24(23)37-18-19-7-5-4-6-8-19/h4-14,17,25-26,29H,15-16,18H2,1-3H3. The molecule has 198 valence electrons. The number of benzene rings is 3. The number of anilines is 1. The van der Waals surface area contributed by atoms with Crippen LogP contribution >= 0.6 is 0 Å². The number of nitrogens with zero attached hydrogens (tertiary/aromatic N) is 2. The summed E-state index contributed by atoms with van der Waals surface area (Å²) in [7, 11) is 4.85. The highest BCUT2D eigenvalue weighted by molar-refractivity contribution is 6.05. The second-order valence-electron chi connectivity index (χ2n) is 9.05. The van der Waals surface area contributed by atoms with E-state index in [1.165, 1.54) is 4.90 Å². The van der Waals surface area contributed by atoms with Gasteiger partial charge in [0.25, 0.3) is 11.8 Å². The summed E-state index contributed by atoms with van der Waals surface area (Å²) in [6.07, 6.45) is -2.11. The van der Waals surface area contributed by atoms with Gasteiger partial charge in [0.15, 0.2) is 6.10 Å². The minimum Gasteiger partial charge on any atom is -0.497 e. The lowest BCUT2D eigenvalue weighted by molar-refractivity contribution is -0.215. The first kappa shape index (κ1) is 25.6. The summed E-state index contributed by atoms with van der Waals surface area (Å²) in [6, 6.07) is 21.9. The van der Waals surface area contributed by atoms with Crippen molar-refractivity contribution in [1.29, 1.82) is 0 Å². The Balaban J connectivity index is 1.50. The Labute approximate surface area is 221 Å². The first-order valence-corrected chi connectivity index (χ1v) is 12.3. The molecule has 2 aliphatic rings. The maximum atomic E-state index is 13.5. The molecule has 9 heteroatoms. The maximum Gasteiger partial charge on any atom is 0.279 e. The number of β-lactam (4-membered cyclic amide) rings is 1. The molecule has 3 unspecified atom stereocenters. The monoisotopic (exact) mass is 518 g/mol. The van der Waals surface area contributed by atoms with Crippen molar-refractivity contribution in [2.24, 2.45) is 0 Å². The molecule has 3 atom stereocenters. The molecule has 38 heavy (non-hydrogen) atoms. The van der Waals surface area contributed by atoms with E-state index in [2.05, 4.69) is 0 Å². The number of amides is 2. The molecule has 2 amide bonds. The van der Waals surface area contributed by atoms with Crippen molar-refractivity contribution in [2.45, 2.75) is 25.0 Å². The third-order valence-corrected chi connectivity index (χ3v) is 6.72. The average molecular weight is 519 g/mol. The summed E-state index contributed by atoms with van der Waals surface area (Å²) in [5, 5.41) is 0. The van der Waals surface area contributed by atoms with Crippen LogP contribution in [0.15, 0.2) is 72.8 Å². The third-order valence-electron chi connectivity index (χ3n) is 6.72. The van der Waals surface area contributed by atoms with Crippen LogP contribution in [0.5, 0.6) is 17.2 Å². The van der Waals surface area contributed by atoms with Crippen LogP contribution in [0.25, 0.3) is 0 Å². The van der Waals surface area contributed by atoms with Gasteiger partial charge in [-0.2, -0.15) is 0 Å². The average Bonchev–Trinajstić information content (AvgIpc) is 2.96. The van der Waals surface area contributed by atoms with Gasteiger partial charge in [0.2, 0.25) is 6.29 Å². The number of hydrogen-bond donors (Lipinski definition) is 0. The molecule has 0 saturated carbocycles. The number of rotatable bonds is 9. The summed E-state index contributed by atoms with van der Waals surface area (Å²) < 4.78 is 28.6. The second kappa shape index (κ2) is 11.1. The van der Waals surface area contributed by atoms with Gasteiger partial charge in [-0.25, -0.2) is 0 Å². The molecule has 0 bridgehead atoms. The molecular weight excluding hydrogens is 488 g/mol. The zero-order valence-electron chi connectivity index (χ0n) is 21.5. The van der Waals surface area contributed by atoms with Gasteiger partial charge in [0, 0.05) is 30.9 Å². The highest BCUT2D eigenvalue weighted by Gasteiger charge is 2.53. The molecular formula is C29H30N2O7. The van der Waals surface area contributed by atoms with Crippen LogP contribution in [0, 0.1) is 0 Å². The Morgan fingerprint density at radius 1 is 0.895 bits per heavy atom. The Kier molecular flexibility index (Phi) is 7.48. The lowest BCUT2D eigenvalue weighted by Crippen LogP contribution is -2.62. The van der Waals surface area contributed by atoms with Crippen molar-refractivity contribution in [3.63, 3.8) is 0 Å². The van der Waals surface area contributed by atoms with Gasteiger partial charge in [-0.1, -0.05) is 30.3 Å². The molecule has 9 nitrogen and oxygen atoms in total. The summed E-state index contributed by atoms with van der Waals surface area (Å²) in [6.45, 7) is 1.12. The number of carbonyl (C=O) groups is 2. The SMILES string of the molecule is COc1ccc(N2C(=O)C(OC3OCCN(C)C3=O)C2c2ccc(OC)cc2OCc2ccccc2)cc1. The Bertz CT molecular complexity index is 1280. The van der Waals surface area contributed by atoms with Crippen LogP contribution in [0.1, 0.15) is 17.2 Å². The van der Waals surface area contributed by atoms with E-state index in [-0.39, 0.29) is 11.8 Å². The summed E-state index contributed by atoms with van der Waals surface area (Å²) in [5.41, 5.74) is 2.38. The quantitative estimate of drug-likeness (QED) is 0.400. The molecule has 2 fully saturated rings. The normalized spacial score (nSPS) is 21.2. The molecule has 3 aromatic carbocycles. The molecule has 5 rings (SSSR count). The van der Waals surface area contributed by atoms with Gasteiger partial charge in [0.1, 0.15) is 29.9 Å². The summed E-state index contributed by atoms with van der Waals surface area (Å²) in [4.78, 5) is 29.4. The largest absolute Gasteiger partial charge is 0.497 e. The minimum atomic E-state index is -1.16. The van der Waals surface area contributed by atoms with Crippen molar-refractivity contribution < 1.29 is 33.3 Å². The van der Waals surface area contributed by atoms with E-state index in [1.54, 1.807) is 44.4 Å². The first-order chi connectivity index (χ1) is 18.5. The zero-order valence-corrected chi connectivity index (χ0v) is 21.5. The molecule has 0 spiro atoms. The van der Waals surface area contributed by atoms with Crippen LogP contribution in [0.4, 0.5) is 5.69 Å². The van der Waals surface area contributed by atoms with Crippen LogP contribution in [-0.4, -0.2) is 63.5 Å². The van der Waals surface area contributed by atoms with E-state index in [0.717, 1.165) is 11.1 Å². The molecule has 2 saturated heterocycles. The highest BCUT2D eigenvalue weighted by atomic mass is 16.7. The predicted molar refractivity (Wildman–Crippen MR) is 139 cm³/mol. The minimum absolute atomic E-state index is 0.283. The van der Waals surface area contributed by atoms with Crippen molar-refractivity contribution >= 4 is 17.5 Å². The highest BCUT2D eigenvalue weighted by Crippen LogP contribution is 2.46. The van der Waals surface area contributed by atoms with Gasteiger partial charge in [-0.3, -0.25) is 14.5 Å².